The van der Waals surface area contributed by atoms with Gasteiger partial charge in [0.1, 0.15) is 5.82 Å². The quantitative estimate of drug-likeness (QED) is 0.280. The molecule has 1 atom stereocenters. The third-order valence-electron chi connectivity index (χ3n) is 5.69. The van der Waals surface area contributed by atoms with Gasteiger partial charge in [0, 0.05) is 28.7 Å². The molecule has 0 radical (unpaired) electrons. The average molecular weight is 468 g/mol. The number of carbonyl (C=O) groups excluding carboxylic acids is 2. The molecule has 6 heteroatoms. The molecule has 0 aliphatic carbocycles. The molecule has 0 spiro atoms. The van der Waals surface area contributed by atoms with Gasteiger partial charge in [0.2, 0.25) is 0 Å². The lowest BCUT2D eigenvalue weighted by Gasteiger charge is -2.16. The predicted molar refractivity (Wildman–Crippen MR) is 138 cm³/mol. The van der Waals surface area contributed by atoms with Gasteiger partial charge < -0.3 is 16.0 Å². The van der Waals surface area contributed by atoms with Gasteiger partial charge in [-0.2, -0.15) is 0 Å². The smallest absolute Gasteiger partial charge is 0.258 e. The maximum absolute atomic E-state index is 13.9. The van der Waals surface area contributed by atoms with E-state index in [0.29, 0.717) is 16.9 Å². The fraction of sp³-hybridized carbons (Fsp3) is 0.103. The highest BCUT2D eigenvalue weighted by Crippen LogP contribution is 2.22. The topological polar surface area (TPSA) is 70.2 Å². The molecular formula is C29H26FN3O2. The second kappa shape index (κ2) is 10.7. The number of hydrogen-bond donors (Lipinski definition) is 3. The van der Waals surface area contributed by atoms with Gasteiger partial charge in [-0.25, -0.2) is 4.39 Å². The van der Waals surface area contributed by atoms with E-state index in [0.717, 1.165) is 11.3 Å². The van der Waals surface area contributed by atoms with E-state index >= 15 is 0 Å². The van der Waals surface area contributed by atoms with Gasteiger partial charge in [-0.1, -0.05) is 48.5 Å². The summed E-state index contributed by atoms with van der Waals surface area (Å²) in [6, 6.07) is 28.5. The number of aryl methyl sites for hydroxylation is 1. The van der Waals surface area contributed by atoms with Crippen LogP contribution in [-0.4, -0.2) is 11.8 Å². The molecule has 4 aromatic rings. The van der Waals surface area contributed by atoms with Crippen LogP contribution in [0, 0.1) is 12.7 Å². The highest BCUT2D eigenvalue weighted by molar-refractivity contribution is 6.08. The van der Waals surface area contributed by atoms with Gasteiger partial charge in [0.15, 0.2) is 0 Å². The van der Waals surface area contributed by atoms with E-state index in [1.807, 2.05) is 42.5 Å². The number of halogens is 1. The predicted octanol–water partition coefficient (Wildman–Crippen LogP) is 6.81. The van der Waals surface area contributed by atoms with Crippen LogP contribution >= 0.6 is 0 Å². The van der Waals surface area contributed by atoms with Crippen molar-refractivity contribution in [3.05, 3.63) is 125 Å². The third-order valence-corrected chi connectivity index (χ3v) is 5.69. The minimum Gasteiger partial charge on any atom is -0.379 e. The zero-order chi connectivity index (χ0) is 24.8. The Morgan fingerprint density at radius 1 is 0.743 bits per heavy atom. The fourth-order valence-corrected chi connectivity index (χ4v) is 3.66. The SMILES string of the molecule is Cc1ccc(C(=O)Nc2ccc(NC(C)c3ccccc3)cc2)cc1NC(=O)c1ccccc1F. The summed E-state index contributed by atoms with van der Waals surface area (Å²) < 4.78 is 13.9. The summed E-state index contributed by atoms with van der Waals surface area (Å²) in [5.74, 6) is -1.49. The van der Waals surface area contributed by atoms with E-state index in [1.165, 1.54) is 23.8 Å². The van der Waals surface area contributed by atoms with Crippen LogP contribution in [-0.2, 0) is 0 Å². The molecule has 0 fully saturated rings. The van der Waals surface area contributed by atoms with Crippen molar-refractivity contribution >= 4 is 28.9 Å². The lowest BCUT2D eigenvalue weighted by atomic mass is 10.1. The monoisotopic (exact) mass is 467 g/mol. The first-order valence-corrected chi connectivity index (χ1v) is 11.3. The minimum atomic E-state index is -0.604. The first kappa shape index (κ1) is 23.7. The Morgan fingerprint density at radius 3 is 2.11 bits per heavy atom. The molecule has 0 heterocycles. The number of nitrogens with one attached hydrogen (secondary N) is 3. The zero-order valence-electron chi connectivity index (χ0n) is 19.5. The number of hydrogen-bond acceptors (Lipinski definition) is 3. The van der Waals surface area contributed by atoms with Gasteiger partial charge in [0.25, 0.3) is 11.8 Å². The molecular weight excluding hydrogens is 441 g/mol. The minimum absolute atomic E-state index is 0.0583. The van der Waals surface area contributed by atoms with E-state index in [1.54, 1.807) is 31.2 Å². The van der Waals surface area contributed by atoms with Gasteiger partial charge in [0.05, 0.1) is 5.56 Å². The van der Waals surface area contributed by atoms with Crippen molar-refractivity contribution in [2.24, 2.45) is 0 Å². The zero-order valence-corrected chi connectivity index (χ0v) is 19.5. The van der Waals surface area contributed by atoms with Crippen LogP contribution in [0.5, 0.6) is 0 Å². The number of benzene rings is 4. The summed E-state index contributed by atoms with van der Waals surface area (Å²) in [5.41, 5.74) is 4.28. The summed E-state index contributed by atoms with van der Waals surface area (Å²) in [6.07, 6.45) is 0. The van der Waals surface area contributed by atoms with Crippen LogP contribution in [0.1, 0.15) is 44.8 Å². The first-order valence-electron chi connectivity index (χ1n) is 11.3. The second-order valence-corrected chi connectivity index (χ2v) is 8.27. The van der Waals surface area contributed by atoms with E-state index < -0.39 is 11.7 Å². The van der Waals surface area contributed by atoms with Crippen LogP contribution in [0.2, 0.25) is 0 Å². The van der Waals surface area contributed by atoms with Crippen molar-refractivity contribution < 1.29 is 14.0 Å². The Morgan fingerprint density at radius 2 is 1.40 bits per heavy atom. The molecule has 5 nitrogen and oxygen atoms in total. The van der Waals surface area contributed by atoms with Crippen molar-refractivity contribution in [2.75, 3.05) is 16.0 Å². The van der Waals surface area contributed by atoms with E-state index in [9.17, 15) is 14.0 Å². The van der Waals surface area contributed by atoms with Crippen molar-refractivity contribution in [3.63, 3.8) is 0 Å². The molecule has 0 aliphatic rings. The molecule has 3 N–H and O–H groups in total. The summed E-state index contributed by atoms with van der Waals surface area (Å²) in [5, 5.41) is 9.01. The number of anilines is 3. The number of carbonyl (C=O) groups is 2. The Bertz CT molecular complexity index is 1340. The lowest BCUT2D eigenvalue weighted by molar-refractivity contribution is 0.101. The largest absolute Gasteiger partial charge is 0.379 e. The van der Waals surface area contributed by atoms with E-state index in [4.69, 9.17) is 0 Å². The Kier molecular flexibility index (Phi) is 7.21. The Balaban J connectivity index is 1.41. The van der Waals surface area contributed by atoms with Crippen molar-refractivity contribution in [3.8, 4) is 0 Å². The summed E-state index contributed by atoms with van der Waals surface area (Å²) in [6.45, 7) is 3.89. The van der Waals surface area contributed by atoms with Gasteiger partial charge in [-0.05, 0) is 73.5 Å². The lowest BCUT2D eigenvalue weighted by Crippen LogP contribution is -2.16. The molecule has 176 valence electrons. The number of amides is 2. The summed E-state index contributed by atoms with van der Waals surface area (Å²) in [7, 11) is 0. The maximum atomic E-state index is 13.9. The van der Waals surface area contributed by atoms with Crippen LogP contribution in [0.25, 0.3) is 0 Å². The average Bonchev–Trinajstić information content (AvgIpc) is 2.87. The van der Waals surface area contributed by atoms with Gasteiger partial charge in [-0.3, -0.25) is 9.59 Å². The molecule has 0 saturated carbocycles. The molecule has 0 saturated heterocycles. The van der Waals surface area contributed by atoms with E-state index in [2.05, 4.69) is 35.0 Å². The molecule has 0 bridgehead atoms. The van der Waals surface area contributed by atoms with Crippen molar-refractivity contribution in [1.82, 2.24) is 0 Å². The fourth-order valence-electron chi connectivity index (χ4n) is 3.66. The van der Waals surface area contributed by atoms with Crippen molar-refractivity contribution in [2.45, 2.75) is 19.9 Å². The first-order chi connectivity index (χ1) is 16.9. The highest BCUT2D eigenvalue weighted by Gasteiger charge is 2.14. The molecule has 35 heavy (non-hydrogen) atoms. The summed E-state index contributed by atoms with van der Waals surface area (Å²) in [4.78, 5) is 25.3. The molecule has 0 aromatic heterocycles. The van der Waals surface area contributed by atoms with E-state index in [-0.39, 0.29) is 17.5 Å². The van der Waals surface area contributed by atoms with Crippen LogP contribution in [0.3, 0.4) is 0 Å². The normalized spacial score (nSPS) is 11.4. The van der Waals surface area contributed by atoms with Crippen LogP contribution < -0.4 is 16.0 Å². The van der Waals surface area contributed by atoms with Crippen LogP contribution in [0.4, 0.5) is 21.5 Å². The second-order valence-electron chi connectivity index (χ2n) is 8.27. The molecule has 1 unspecified atom stereocenters. The van der Waals surface area contributed by atoms with Gasteiger partial charge >= 0.3 is 0 Å². The highest BCUT2D eigenvalue weighted by atomic mass is 19.1. The standard InChI is InChI=1S/C29H26FN3O2/c1-19-12-13-22(18-27(19)33-29(35)25-10-6-7-11-26(25)30)28(34)32-24-16-14-23(15-17-24)31-20(2)21-8-4-3-5-9-21/h3-18,20,31H,1-2H3,(H,32,34)(H,33,35). The van der Waals surface area contributed by atoms with Crippen molar-refractivity contribution in [1.29, 1.82) is 0 Å². The molecule has 4 rings (SSSR count). The Labute approximate surface area is 204 Å². The molecule has 0 aliphatic heterocycles. The molecule has 4 aromatic carbocycles. The Hall–Kier alpha value is -4.45. The summed E-state index contributed by atoms with van der Waals surface area (Å²) >= 11 is 0. The number of rotatable bonds is 7. The third kappa shape index (κ3) is 5.92. The van der Waals surface area contributed by atoms with Crippen LogP contribution in [0.15, 0.2) is 97.1 Å². The van der Waals surface area contributed by atoms with Gasteiger partial charge in [-0.15, -0.1) is 0 Å². The maximum Gasteiger partial charge on any atom is 0.258 e. The molecule has 2 amide bonds.